The number of esters is 1. The van der Waals surface area contributed by atoms with Crippen molar-refractivity contribution in [1.29, 1.82) is 0 Å². The molecule has 1 fully saturated rings. The van der Waals surface area contributed by atoms with E-state index in [0.29, 0.717) is 37.7 Å². The van der Waals surface area contributed by atoms with Crippen LogP contribution in [0.2, 0.25) is 5.02 Å². The summed E-state index contributed by atoms with van der Waals surface area (Å²) in [6.07, 6.45) is 2.22. The van der Waals surface area contributed by atoms with E-state index in [1.165, 1.54) is 0 Å². The second-order valence-corrected chi connectivity index (χ2v) is 6.78. The van der Waals surface area contributed by atoms with Crippen LogP contribution in [0.15, 0.2) is 18.2 Å². The van der Waals surface area contributed by atoms with E-state index in [2.05, 4.69) is 0 Å². The zero-order valence-corrected chi connectivity index (χ0v) is 14.6. The summed E-state index contributed by atoms with van der Waals surface area (Å²) in [6, 6.07) is 5.49. The summed E-state index contributed by atoms with van der Waals surface area (Å²) in [5, 5.41) is 0.644. The van der Waals surface area contributed by atoms with E-state index in [9.17, 15) is 9.59 Å². The predicted octanol–water partition coefficient (Wildman–Crippen LogP) is 2.69. The van der Waals surface area contributed by atoms with E-state index < -0.39 is 0 Å². The Hall–Kier alpha value is -1.75. The van der Waals surface area contributed by atoms with Gasteiger partial charge in [-0.1, -0.05) is 11.6 Å². The highest BCUT2D eigenvalue weighted by atomic mass is 35.5. The van der Waals surface area contributed by atoms with Gasteiger partial charge in [0, 0.05) is 18.1 Å². The Morgan fingerprint density at radius 1 is 1.38 bits per heavy atom. The van der Waals surface area contributed by atoms with Gasteiger partial charge >= 0.3 is 5.97 Å². The number of rotatable bonds is 3. The molecule has 0 saturated carbocycles. The lowest BCUT2D eigenvalue weighted by atomic mass is 9.92. The minimum atomic E-state index is -0.225. The quantitative estimate of drug-likeness (QED) is 0.786. The molecule has 0 bridgehead atoms. The number of carbonyl (C=O) groups is 2. The van der Waals surface area contributed by atoms with Crippen LogP contribution in [0.1, 0.15) is 25.3 Å². The van der Waals surface area contributed by atoms with Crippen LogP contribution in [0.5, 0.6) is 5.75 Å². The van der Waals surface area contributed by atoms with Crippen LogP contribution in [-0.4, -0.2) is 43.1 Å². The summed E-state index contributed by atoms with van der Waals surface area (Å²) < 4.78 is 10.8. The van der Waals surface area contributed by atoms with Crippen LogP contribution in [0.25, 0.3) is 0 Å². The molecule has 2 atom stereocenters. The maximum atomic E-state index is 12.8. The highest BCUT2D eigenvalue weighted by Crippen LogP contribution is 2.31. The Bertz CT molecular complexity index is 633. The van der Waals surface area contributed by atoms with E-state index in [1.807, 2.05) is 12.1 Å². The fourth-order valence-electron chi connectivity index (χ4n) is 3.41. The van der Waals surface area contributed by atoms with Crippen molar-refractivity contribution in [2.75, 3.05) is 26.3 Å². The Morgan fingerprint density at radius 2 is 2.21 bits per heavy atom. The number of ether oxygens (including phenoxy) is 2. The predicted molar refractivity (Wildman–Crippen MR) is 90.1 cm³/mol. The highest BCUT2D eigenvalue weighted by Gasteiger charge is 2.34. The number of halogens is 1. The third-order valence-electron chi connectivity index (χ3n) is 4.63. The van der Waals surface area contributed by atoms with Crippen LogP contribution in [-0.2, 0) is 20.7 Å². The van der Waals surface area contributed by atoms with Crippen LogP contribution < -0.4 is 4.74 Å². The number of amides is 1. The number of fused-ring (bicyclic) bond motifs is 1. The molecule has 130 valence electrons. The molecule has 0 unspecified atom stereocenters. The van der Waals surface area contributed by atoms with E-state index in [4.69, 9.17) is 21.1 Å². The highest BCUT2D eigenvalue weighted by molar-refractivity contribution is 6.30. The molecule has 6 heteroatoms. The second kappa shape index (κ2) is 7.43. The van der Waals surface area contributed by atoms with E-state index in [1.54, 1.807) is 17.9 Å². The molecule has 2 aliphatic heterocycles. The fraction of sp³-hybridized carbons (Fsp3) is 0.556. The average molecular weight is 352 g/mol. The topological polar surface area (TPSA) is 55.8 Å². The molecule has 2 heterocycles. The third-order valence-corrected chi connectivity index (χ3v) is 4.87. The van der Waals surface area contributed by atoms with Gasteiger partial charge in [-0.25, -0.2) is 0 Å². The van der Waals surface area contributed by atoms with Gasteiger partial charge in [0.25, 0.3) is 0 Å². The van der Waals surface area contributed by atoms with Gasteiger partial charge < -0.3 is 14.4 Å². The van der Waals surface area contributed by atoms with Crippen molar-refractivity contribution in [2.45, 2.75) is 26.2 Å². The van der Waals surface area contributed by atoms with E-state index >= 15 is 0 Å². The lowest BCUT2D eigenvalue weighted by Gasteiger charge is -2.35. The van der Waals surface area contributed by atoms with Crippen molar-refractivity contribution in [1.82, 2.24) is 4.90 Å². The molecular formula is C18H22ClNO4. The van der Waals surface area contributed by atoms with Crippen LogP contribution in [0.3, 0.4) is 0 Å². The Labute approximate surface area is 146 Å². The maximum absolute atomic E-state index is 12.8. The lowest BCUT2D eigenvalue weighted by molar-refractivity contribution is -0.152. The number of hydrogen-bond acceptors (Lipinski definition) is 4. The number of piperidine rings is 1. The average Bonchev–Trinajstić information content (AvgIpc) is 2.60. The smallest absolute Gasteiger partial charge is 0.310 e. The van der Waals surface area contributed by atoms with Gasteiger partial charge in [0.05, 0.1) is 18.4 Å². The molecule has 0 aliphatic carbocycles. The molecule has 1 amide bonds. The third kappa shape index (κ3) is 3.66. The largest absolute Gasteiger partial charge is 0.492 e. The molecule has 1 aromatic rings. The molecule has 0 radical (unpaired) electrons. The van der Waals surface area contributed by atoms with Gasteiger partial charge in [0.1, 0.15) is 12.4 Å². The number of nitrogens with zero attached hydrogens (tertiary/aromatic N) is 1. The molecule has 24 heavy (non-hydrogen) atoms. The Morgan fingerprint density at radius 3 is 3.00 bits per heavy atom. The molecule has 1 saturated heterocycles. The maximum Gasteiger partial charge on any atom is 0.310 e. The molecule has 0 N–H and O–H groups in total. The molecule has 2 aliphatic rings. The number of carbonyl (C=O) groups excluding carboxylic acids is 2. The second-order valence-electron chi connectivity index (χ2n) is 6.34. The first kappa shape index (κ1) is 17.1. The van der Waals surface area contributed by atoms with Crippen molar-refractivity contribution in [3.8, 4) is 5.75 Å². The first-order chi connectivity index (χ1) is 11.6. The minimum absolute atomic E-state index is 0.0506. The summed E-state index contributed by atoms with van der Waals surface area (Å²) >= 11 is 6.03. The summed E-state index contributed by atoms with van der Waals surface area (Å²) in [4.78, 5) is 26.6. The Balaban J connectivity index is 1.65. The number of likely N-dealkylation sites (tertiary alicyclic amines) is 1. The standard InChI is InChI=1S/C18H22ClNO4/c1-2-23-18(22)12-4-3-7-20(10-12)17(21)14-8-13-9-15(19)5-6-16(13)24-11-14/h5-6,9,12,14H,2-4,7-8,10-11H2,1H3/t12-,14-/m0/s1. The fourth-order valence-corrected chi connectivity index (χ4v) is 3.60. The van der Waals surface area contributed by atoms with Crippen molar-refractivity contribution >= 4 is 23.5 Å². The van der Waals surface area contributed by atoms with Crippen LogP contribution >= 0.6 is 11.6 Å². The van der Waals surface area contributed by atoms with Gasteiger partial charge in [-0.05, 0) is 49.9 Å². The SMILES string of the molecule is CCOC(=O)[C@H]1CCCN(C(=O)[C@@H]2COc3ccc(Cl)cc3C2)C1. The summed E-state index contributed by atoms with van der Waals surface area (Å²) in [7, 11) is 0. The molecule has 3 rings (SSSR count). The monoisotopic (exact) mass is 351 g/mol. The summed E-state index contributed by atoms with van der Waals surface area (Å²) in [5.41, 5.74) is 0.964. The molecule has 5 nitrogen and oxygen atoms in total. The summed E-state index contributed by atoms with van der Waals surface area (Å²) in [6.45, 7) is 3.67. The minimum Gasteiger partial charge on any atom is -0.492 e. The van der Waals surface area contributed by atoms with Gasteiger partial charge in [-0.3, -0.25) is 9.59 Å². The van der Waals surface area contributed by atoms with Gasteiger partial charge in [0.15, 0.2) is 0 Å². The van der Waals surface area contributed by atoms with Crippen molar-refractivity contribution in [3.63, 3.8) is 0 Å². The molecule has 1 aromatic carbocycles. The lowest BCUT2D eigenvalue weighted by Crippen LogP contribution is -2.47. The zero-order valence-electron chi connectivity index (χ0n) is 13.8. The van der Waals surface area contributed by atoms with Gasteiger partial charge in [-0.15, -0.1) is 0 Å². The van der Waals surface area contributed by atoms with Crippen molar-refractivity contribution < 1.29 is 19.1 Å². The van der Waals surface area contributed by atoms with E-state index in [0.717, 1.165) is 24.2 Å². The molecule has 0 spiro atoms. The zero-order chi connectivity index (χ0) is 17.1. The van der Waals surface area contributed by atoms with Gasteiger partial charge in [-0.2, -0.15) is 0 Å². The first-order valence-electron chi connectivity index (χ1n) is 8.45. The van der Waals surface area contributed by atoms with Crippen molar-refractivity contribution in [2.24, 2.45) is 11.8 Å². The number of benzene rings is 1. The van der Waals surface area contributed by atoms with Crippen molar-refractivity contribution in [3.05, 3.63) is 28.8 Å². The van der Waals surface area contributed by atoms with Gasteiger partial charge in [0.2, 0.25) is 5.91 Å². The number of hydrogen-bond donors (Lipinski definition) is 0. The van der Waals surface area contributed by atoms with Crippen LogP contribution in [0.4, 0.5) is 0 Å². The Kier molecular flexibility index (Phi) is 5.29. The first-order valence-corrected chi connectivity index (χ1v) is 8.83. The summed E-state index contributed by atoms with van der Waals surface area (Å²) in [5.74, 6) is 0.207. The van der Waals surface area contributed by atoms with E-state index in [-0.39, 0.29) is 23.7 Å². The van der Waals surface area contributed by atoms with Crippen LogP contribution in [0, 0.1) is 11.8 Å². The molecule has 0 aromatic heterocycles. The molecular weight excluding hydrogens is 330 g/mol. The normalized spacial score (nSPS) is 23.2.